The average Bonchev–Trinajstić information content (AvgIpc) is 3.28. The molecule has 0 aromatic rings. The zero-order valence-corrected chi connectivity index (χ0v) is 38.6. The Balaban J connectivity index is 1.05. The number of aliphatic hydroxyl groups excluding tert-OH is 10. The molecule has 3 aliphatic heterocycles. The molecule has 6 fully saturated rings. The molecular weight excluding hydrogens is 868 g/mol. The molecule has 0 unspecified atom stereocenters. The van der Waals surface area contributed by atoms with E-state index in [0.717, 1.165) is 23.1 Å². The topological polar surface area (TPSA) is 312 Å². The number of esters is 1. The minimum absolute atomic E-state index is 0.00981. The smallest absolute Gasteiger partial charge is 0.318 e. The van der Waals surface area contributed by atoms with Gasteiger partial charge < -0.3 is 84.6 Å². The molecule has 3 saturated heterocycles. The summed E-state index contributed by atoms with van der Waals surface area (Å²) >= 11 is 0. The van der Waals surface area contributed by atoms with Crippen LogP contribution in [0.3, 0.4) is 0 Å². The van der Waals surface area contributed by atoms with Crippen LogP contribution in [0.15, 0.2) is 22.8 Å². The summed E-state index contributed by atoms with van der Waals surface area (Å²) in [5.74, 6) is -1.89. The van der Waals surface area contributed by atoms with Crippen LogP contribution in [0.2, 0.25) is 0 Å². The molecular formula is C47H72O19. The summed E-state index contributed by atoms with van der Waals surface area (Å²) in [4.78, 5) is 28.4. The molecule has 8 rings (SSSR count). The second kappa shape index (κ2) is 17.9. The van der Waals surface area contributed by atoms with Crippen molar-refractivity contribution in [1.29, 1.82) is 0 Å². The average molecular weight is 941 g/mol. The molecule has 11 N–H and O–H groups in total. The van der Waals surface area contributed by atoms with Gasteiger partial charge in [-0.05, 0) is 117 Å². The monoisotopic (exact) mass is 940 g/mol. The molecule has 66 heavy (non-hydrogen) atoms. The van der Waals surface area contributed by atoms with Gasteiger partial charge in [0.1, 0.15) is 67.1 Å². The molecule has 0 amide bonds. The van der Waals surface area contributed by atoms with Crippen molar-refractivity contribution < 1.29 is 94.2 Å². The number of aliphatic carboxylic acids is 1. The summed E-state index contributed by atoms with van der Waals surface area (Å²) in [5, 5.41) is 116. The molecule has 8 aliphatic rings. The van der Waals surface area contributed by atoms with Crippen LogP contribution in [0, 0.1) is 44.8 Å². The first-order chi connectivity index (χ1) is 31.0. The summed E-state index contributed by atoms with van der Waals surface area (Å²) in [6, 6.07) is 0. The van der Waals surface area contributed by atoms with Crippen molar-refractivity contribution in [3.05, 3.63) is 22.8 Å². The first-order valence-electron chi connectivity index (χ1n) is 23.7. The van der Waals surface area contributed by atoms with Crippen LogP contribution in [-0.4, -0.2) is 180 Å². The molecule has 23 atom stereocenters. The quantitative estimate of drug-likeness (QED) is 0.105. The molecule has 0 aromatic heterocycles. The third kappa shape index (κ3) is 7.40. The lowest BCUT2D eigenvalue weighted by atomic mass is 9.34. The van der Waals surface area contributed by atoms with E-state index < -0.39 is 151 Å². The van der Waals surface area contributed by atoms with E-state index in [4.69, 9.17) is 28.4 Å². The summed E-state index contributed by atoms with van der Waals surface area (Å²) in [6.45, 7) is 10.9. The van der Waals surface area contributed by atoms with Crippen LogP contribution >= 0.6 is 0 Å². The number of hydrogen-bond donors (Lipinski definition) is 11. The van der Waals surface area contributed by atoms with E-state index in [0.29, 0.717) is 44.9 Å². The summed E-state index contributed by atoms with van der Waals surface area (Å²) in [6.07, 6.45) is -16.0. The van der Waals surface area contributed by atoms with E-state index in [1.807, 2.05) is 0 Å². The van der Waals surface area contributed by atoms with Gasteiger partial charge in [-0.1, -0.05) is 39.3 Å². The van der Waals surface area contributed by atoms with Crippen LogP contribution < -0.4 is 0 Å². The minimum atomic E-state index is -1.80. The summed E-state index contributed by atoms with van der Waals surface area (Å²) in [7, 11) is 0. The largest absolute Gasteiger partial charge is 0.481 e. The van der Waals surface area contributed by atoms with Crippen molar-refractivity contribution >= 4 is 11.9 Å². The first kappa shape index (κ1) is 50.2. The van der Waals surface area contributed by atoms with E-state index in [1.54, 1.807) is 6.92 Å². The van der Waals surface area contributed by atoms with Gasteiger partial charge in [0.2, 0.25) is 6.29 Å². The number of carbonyl (C=O) groups is 2. The van der Waals surface area contributed by atoms with E-state index in [9.17, 15) is 65.8 Å². The van der Waals surface area contributed by atoms with Crippen molar-refractivity contribution in [2.75, 3.05) is 19.8 Å². The van der Waals surface area contributed by atoms with Crippen LogP contribution in [0.5, 0.6) is 0 Å². The van der Waals surface area contributed by atoms with Gasteiger partial charge in [-0.15, -0.1) is 0 Å². The van der Waals surface area contributed by atoms with Gasteiger partial charge in [0.25, 0.3) is 0 Å². The van der Waals surface area contributed by atoms with Gasteiger partial charge in [0.05, 0.1) is 36.8 Å². The third-order valence-electron chi connectivity index (χ3n) is 18.8. The number of fused-ring (bicyclic) bond motifs is 7. The lowest BCUT2D eigenvalue weighted by molar-refractivity contribution is -0.356. The van der Waals surface area contributed by atoms with Gasteiger partial charge in [0, 0.05) is 0 Å². The van der Waals surface area contributed by atoms with E-state index >= 15 is 0 Å². The molecule has 3 heterocycles. The molecule has 0 aromatic carbocycles. The maximum Gasteiger partial charge on any atom is 0.318 e. The number of carboxylic acid groups (broad SMARTS) is 1. The zero-order valence-electron chi connectivity index (χ0n) is 38.6. The van der Waals surface area contributed by atoms with E-state index in [2.05, 4.69) is 40.7 Å². The normalized spacial score (nSPS) is 52.8. The van der Waals surface area contributed by atoms with Gasteiger partial charge in [0.15, 0.2) is 12.6 Å². The number of aliphatic hydroxyl groups is 10. The number of hydrogen-bond acceptors (Lipinski definition) is 18. The fourth-order valence-corrected chi connectivity index (χ4v) is 14.3. The van der Waals surface area contributed by atoms with Crippen molar-refractivity contribution in [1.82, 2.24) is 0 Å². The predicted molar refractivity (Wildman–Crippen MR) is 226 cm³/mol. The van der Waals surface area contributed by atoms with Crippen LogP contribution in [-0.2, 0) is 38.0 Å². The van der Waals surface area contributed by atoms with Crippen molar-refractivity contribution in [2.24, 2.45) is 44.8 Å². The van der Waals surface area contributed by atoms with Crippen molar-refractivity contribution in [3.63, 3.8) is 0 Å². The van der Waals surface area contributed by atoms with Crippen molar-refractivity contribution in [2.45, 2.75) is 191 Å². The predicted octanol–water partition coefficient (Wildman–Crippen LogP) is -0.236. The third-order valence-corrected chi connectivity index (χ3v) is 18.8. The maximum atomic E-state index is 14.7. The Morgan fingerprint density at radius 2 is 1.33 bits per heavy atom. The maximum absolute atomic E-state index is 14.7. The Hall–Kier alpha value is -2.18. The highest BCUT2D eigenvalue weighted by molar-refractivity contribution is 5.84. The van der Waals surface area contributed by atoms with E-state index in [1.165, 1.54) is 0 Å². The molecule has 0 radical (unpaired) electrons. The number of carbonyl (C=O) groups excluding carboxylic acids is 1. The highest BCUT2D eigenvalue weighted by Crippen LogP contribution is 2.75. The highest BCUT2D eigenvalue weighted by Gasteiger charge is 2.71. The minimum Gasteiger partial charge on any atom is -0.481 e. The molecule has 5 aliphatic carbocycles. The molecule has 0 spiro atoms. The van der Waals surface area contributed by atoms with Gasteiger partial charge in [-0.2, -0.15) is 0 Å². The molecule has 19 nitrogen and oxygen atoms in total. The van der Waals surface area contributed by atoms with Crippen LogP contribution in [0.4, 0.5) is 0 Å². The highest BCUT2D eigenvalue weighted by atomic mass is 16.7. The Labute approximate surface area is 384 Å². The van der Waals surface area contributed by atoms with Crippen molar-refractivity contribution in [3.8, 4) is 0 Å². The SMILES string of the molecule is CC1=C2C3=CC[C@@H]4[C@@]5(C)CC[C@H](O[C@@H]6OC[C@H](O)[C@H](O[C@@H]7O[C@H](CO)[C@@H](O)[C@H](O)[C@H]7O)[C@H]6O)[C@](C)(C(=O)O)[C@@H]5CC[C@@]4(C)[C@]3(C)CC[C@@]2(C(=O)O[C@@H]2O[C@H](CO)[C@@H](O)[C@H](O)[C@H]2O)CC[C@H]1C. The lowest BCUT2D eigenvalue weighted by Crippen LogP contribution is -2.67. The summed E-state index contributed by atoms with van der Waals surface area (Å²) < 4.78 is 35.0. The van der Waals surface area contributed by atoms with Gasteiger partial charge >= 0.3 is 11.9 Å². The second-order valence-corrected chi connectivity index (χ2v) is 21.7. The second-order valence-electron chi connectivity index (χ2n) is 21.7. The molecule has 374 valence electrons. The molecule has 19 heteroatoms. The zero-order chi connectivity index (χ0) is 48.2. The van der Waals surface area contributed by atoms with Gasteiger partial charge in [-0.25, -0.2) is 0 Å². The Kier molecular flexibility index (Phi) is 13.6. The molecule has 3 saturated carbocycles. The fourth-order valence-electron chi connectivity index (χ4n) is 14.3. The van der Waals surface area contributed by atoms with E-state index in [-0.39, 0.29) is 23.7 Å². The Morgan fingerprint density at radius 1 is 0.712 bits per heavy atom. The standard InChI is InChI=1S/C47H72O19/c1-20-9-14-47(42(60)66-40-35(56)33(54)31(52)25(18-49)63-40)16-15-44(4)22(29(47)21(20)2)7-8-26-43(3)12-11-28(46(6,41(58)59)27(43)10-13-45(26,44)5)64-38-36(57)37(23(50)19-61-38)65-39-34(55)32(53)30(51)24(17-48)62-39/h7,20,23-28,30-40,48-57H,8-19H2,1-6H3,(H,58,59)/t20-,23+,24-,25-,26-,27-,28+,30-,31-,32+,33+,34-,35-,36-,37+,38+,39+,40+,43-,44-,45-,46-,47+/m1/s1. The number of ether oxygens (including phenoxy) is 6. The van der Waals surface area contributed by atoms with Crippen LogP contribution in [0.1, 0.15) is 99.3 Å². The van der Waals surface area contributed by atoms with Crippen LogP contribution in [0.25, 0.3) is 0 Å². The molecule has 0 bridgehead atoms. The lowest BCUT2D eigenvalue weighted by Gasteiger charge is -2.70. The Morgan fingerprint density at radius 3 is 1.95 bits per heavy atom. The number of carboxylic acids is 1. The Bertz CT molecular complexity index is 1910. The summed E-state index contributed by atoms with van der Waals surface area (Å²) in [5.41, 5.74) is -0.797. The van der Waals surface area contributed by atoms with Gasteiger partial charge in [-0.3, -0.25) is 9.59 Å². The number of allylic oxidation sites excluding steroid dienone is 3. The first-order valence-corrected chi connectivity index (χ1v) is 23.7. The fraction of sp³-hybridized carbons (Fsp3) is 0.872. The number of rotatable bonds is 9.